The van der Waals surface area contributed by atoms with Gasteiger partial charge in [-0.2, -0.15) is 0 Å². The minimum absolute atomic E-state index is 1.04. The van der Waals surface area contributed by atoms with Crippen LogP contribution in [0.25, 0.3) is 0 Å². The molecular formula is C11H14. The SMILES string of the molecule is C1C2C3CC1C14C(CC21)CC34. The van der Waals surface area contributed by atoms with Crippen LogP contribution in [0.3, 0.4) is 0 Å². The Morgan fingerprint density at radius 3 is 1.64 bits per heavy atom. The molecule has 0 N–H and O–H groups in total. The van der Waals surface area contributed by atoms with E-state index < -0.39 is 0 Å². The Labute approximate surface area is 67.4 Å². The van der Waals surface area contributed by atoms with Gasteiger partial charge >= 0.3 is 0 Å². The van der Waals surface area contributed by atoms with Crippen molar-refractivity contribution < 1.29 is 0 Å². The Kier molecular flexibility index (Phi) is 0.459. The van der Waals surface area contributed by atoms with Gasteiger partial charge in [0.05, 0.1) is 0 Å². The second kappa shape index (κ2) is 1.03. The monoisotopic (exact) mass is 146 g/mol. The van der Waals surface area contributed by atoms with E-state index in [0.29, 0.717) is 0 Å². The van der Waals surface area contributed by atoms with Crippen molar-refractivity contribution in [2.45, 2.75) is 25.7 Å². The van der Waals surface area contributed by atoms with E-state index in [0.717, 1.165) is 5.41 Å². The first-order valence-corrected chi connectivity index (χ1v) is 5.42. The molecule has 0 nitrogen and oxygen atoms in total. The Morgan fingerprint density at radius 1 is 0.727 bits per heavy atom. The van der Waals surface area contributed by atoms with E-state index in [1.807, 2.05) is 0 Å². The summed E-state index contributed by atoms with van der Waals surface area (Å²) in [5, 5.41) is 0. The summed E-state index contributed by atoms with van der Waals surface area (Å²) in [5.74, 6) is 7.55. The van der Waals surface area contributed by atoms with Crippen LogP contribution in [0.15, 0.2) is 0 Å². The fourth-order valence-corrected chi connectivity index (χ4v) is 6.55. The second-order valence-corrected chi connectivity index (χ2v) is 5.88. The lowest BCUT2D eigenvalue weighted by Gasteiger charge is -2.64. The maximum absolute atomic E-state index is 1.67. The predicted octanol–water partition coefficient (Wildman–Crippen LogP) is 2.30. The Hall–Kier alpha value is 0. The summed E-state index contributed by atoms with van der Waals surface area (Å²) in [4.78, 5) is 0. The fraction of sp³-hybridized carbons (Fsp3) is 1.00. The van der Waals surface area contributed by atoms with Gasteiger partial charge in [-0.25, -0.2) is 0 Å². The quantitative estimate of drug-likeness (QED) is 0.492. The molecule has 6 fully saturated rings. The van der Waals surface area contributed by atoms with Crippen LogP contribution in [0, 0.1) is 40.9 Å². The Morgan fingerprint density at radius 2 is 1.27 bits per heavy atom. The maximum atomic E-state index is 1.67. The molecule has 0 radical (unpaired) electrons. The van der Waals surface area contributed by atoms with Crippen LogP contribution in [0.4, 0.5) is 0 Å². The van der Waals surface area contributed by atoms with Crippen LogP contribution in [-0.4, -0.2) is 0 Å². The first kappa shape index (κ1) is 4.89. The molecule has 6 saturated carbocycles. The summed E-state index contributed by atoms with van der Waals surface area (Å²) < 4.78 is 0. The molecule has 4 bridgehead atoms. The van der Waals surface area contributed by atoms with Crippen molar-refractivity contribution in [3.8, 4) is 0 Å². The van der Waals surface area contributed by atoms with E-state index >= 15 is 0 Å². The molecule has 0 heteroatoms. The molecule has 6 aliphatic carbocycles. The smallest absolute Gasteiger partial charge is 0.0178 e. The molecule has 58 valence electrons. The normalized spacial score (nSPS) is 85.1. The van der Waals surface area contributed by atoms with Crippen LogP contribution >= 0.6 is 0 Å². The van der Waals surface area contributed by atoms with E-state index in [1.165, 1.54) is 35.5 Å². The van der Waals surface area contributed by atoms with E-state index in [9.17, 15) is 0 Å². The zero-order valence-electron chi connectivity index (χ0n) is 6.79. The van der Waals surface area contributed by atoms with Crippen molar-refractivity contribution in [1.82, 2.24) is 0 Å². The van der Waals surface area contributed by atoms with Gasteiger partial charge in [0, 0.05) is 0 Å². The van der Waals surface area contributed by atoms with Gasteiger partial charge in [-0.1, -0.05) is 0 Å². The van der Waals surface area contributed by atoms with Crippen LogP contribution in [0.1, 0.15) is 25.7 Å². The molecule has 4 unspecified atom stereocenters. The highest BCUT2D eigenvalue weighted by atomic mass is 14.9. The molecule has 0 aromatic heterocycles. The van der Waals surface area contributed by atoms with Crippen molar-refractivity contribution in [1.29, 1.82) is 0 Å². The third-order valence-corrected chi connectivity index (χ3v) is 6.47. The van der Waals surface area contributed by atoms with Gasteiger partial charge in [0.15, 0.2) is 0 Å². The molecule has 6 aliphatic rings. The van der Waals surface area contributed by atoms with Crippen LogP contribution < -0.4 is 0 Å². The second-order valence-electron chi connectivity index (χ2n) is 5.88. The highest BCUT2D eigenvalue weighted by Crippen LogP contribution is 2.90. The minimum atomic E-state index is 1.04. The molecule has 6 rings (SSSR count). The van der Waals surface area contributed by atoms with Crippen molar-refractivity contribution >= 4 is 0 Å². The number of hydrogen-bond acceptors (Lipinski definition) is 0. The Bertz CT molecular complexity index is 236. The predicted molar refractivity (Wildman–Crippen MR) is 41.8 cm³/mol. The average Bonchev–Trinajstić information content (AvgIpc) is 2.58. The van der Waals surface area contributed by atoms with Gasteiger partial charge in [0.1, 0.15) is 0 Å². The number of rotatable bonds is 0. The lowest BCUT2D eigenvalue weighted by atomic mass is 9.40. The molecule has 11 heavy (non-hydrogen) atoms. The van der Waals surface area contributed by atoms with E-state index in [-0.39, 0.29) is 0 Å². The largest absolute Gasteiger partial charge is 0.0465 e. The van der Waals surface area contributed by atoms with Crippen LogP contribution in [0.5, 0.6) is 0 Å². The lowest BCUT2D eigenvalue weighted by molar-refractivity contribution is -0.161. The lowest BCUT2D eigenvalue weighted by Crippen LogP contribution is -2.58. The van der Waals surface area contributed by atoms with Crippen LogP contribution in [-0.2, 0) is 0 Å². The van der Waals surface area contributed by atoms with Gasteiger partial charge in [-0.3, -0.25) is 0 Å². The molecule has 0 heterocycles. The molecule has 4 atom stereocenters. The summed E-state index contributed by atoms with van der Waals surface area (Å²) in [6, 6.07) is 0. The molecular weight excluding hydrogens is 132 g/mol. The minimum Gasteiger partial charge on any atom is -0.0465 e. The maximum Gasteiger partial charge on any atom is -0.0178 e. The fourth-order valence-electron chi connectivity index (χ4n) is 6.55. The van der Waals surface area contributed by atoms with Gasteiger partial charge in [-0.05, 0) is 66.6 Å². The molecule has 0 aliphatic heterocycles. The van der Waals surface area contributed by atoms with Crippen molar-refractivity contribution in [2.75, 3.05) is 0 Å². The summed E-state index contributed by atoms with van der Waals surface area (Å²) in [5.41, 5.74) is 1.04. The zero-order valence-corrected chi connectivity index (χ0v) is 6.79. The highest BCUT2D eigenvalue weighted by molar-refractivity contribution is 5.32. The molecule has 1 spiro atoms. The molecule has 0 saturated heterocycles. The molecule has 0 aromatic rings. The van der Waals surface area contributed by atoms with Gasteiger partial charge < -0.3 is 0 Å². The third kappa shape index (κ3) is 0.237. The van der Waals surface area contributed by atoms with Crippen molar-refractivity contribution in [2.24, 2.45) is 40.9 Å². The standard InChI is InChI=1S/C11H14/c1-5-2-8-7(1)9-3-6-4-10(8)11(5,6)9/h5-10H,1-4H2. The Balaban J connectivity index is 1.90. The summed E-state index contributed by atoms with van der Waals surface area (Å²) >= 11 is 0. The average molecular weight is 146 g/mol. The van der Waals surface area contributed by atoms with E-state index in [2.05, 4.69) is 0 Å². The zero-order chi connectivity index (χ0) is 6.79. The van der Waals surface area contributed by atoms with Gasteiger partial charge in [-0.15, -0.1) is 0 Å². The summed E-state index contributed by atoms with van der Waals surface area (Å²) in [7, 11) is 0. The third-order valence-electron chi connectivity index (χ3n) is 6.47. The number of hydrogen-bond donors (Lipinski definition) is 0. The molecule has 0 aromatic carbocycles. The summed E-state index contributed by atoms with van der Waals surface area (Å²) in [6.45, 7) is 0. The van der Waals surface area contributed by atoms with Gasteiger partial charge in [0.2, 0.25) is 0 Å². The first-order valence-electron chi connectivity index (χ1n) is 5.42. The first-order chi connectivity index (χ1) is 5.42. The highest BCUT2D eigenvalue weighted by Gasteiger charge is 2.84. The van der Waals surface area contributed by atoms with Crippen molar-refractivity contribution in [3.63, 3.8) is 0 Å². The van der Waals surface area contributed by atoms with Gasteiger partial charge in [0.25, 0.3) is 0 Å². The summed E-state index contributed by atoms with van der Waals surface area (Å²) in [6.07, 6.45) is 6.66. The van der Waals surface area contributed by atoms with E-state index in [1.54, 1.807) is 25.7 Å². The van der Waals surface area contributed by atoms with Crippen LogP contribution in [0.2, 0.25) is 0 Å². The topological polar surface area (TPSA) is 0 Å². The van der Waals surface area contributed by atoms with E-state index in [4.69, 9.17) is 0 Å². The molecule has 0 amide bonds. The van der Waals surface area contributed by atoms with Crippen molar-refractivity contribution in [3.05, 3.63) is 0 Å².